The van der Waals surface area contributed by atoms with Crippen molar-refractivity contribution in [1.29, 1.82) is 0 Å². The fourth-order valence-electron chi connectivity index (χ4n) is 3.03. The molecule has 1 heterocycles. The molecular formula is C14H26N2O2. The molecule has 1 aliphatic carbocycles. The number of nitrogens with one attached hydrogen (secondary N) is 1. The summed E-state index contributed by atoms with van der Waals surface area (Å²) >= 11 is 0. The topological polar surface area (TPSA) is 64.4 Å². The zero-order valence-electron chi connectivity index (χ0n) is 11.4. The Balaban J connectivity index is 1.75. The Morgan fingerprint density at radius 1 is 1.33 bits per heavy atom. The zero-order valence-corrected chi connectivity index (χ0v) is 11.4. The van der Waals surface area contributed by atoms with Gasteiger partial charge in [0.2, 0.25) is 5.91 Å². The lowest BCUT2D eigenvalue weighted by Gasteiger charge is -2.32. The highest BCUT2D eigenvalue weighted by Crippen LogP contribution is 2.29. The molecule has 18 heavy (non-hydrogen) atoms. The lowest BCUT2D eigenvalue weighted by Crippen LogP contribution is -2.44. The quantitative estimate of drug-likeness (QED) is 0.801. The van der Waals surface area contributed by atoms with Crippen LogP contribution in [0.25, 0.3) is 0 Å². The van der Waals surface area contributed by atoms with Crippen molar-refractivity contribution in [3.8, 4) is 0 Å². The van der Waals surface area contributed by atoms with Crippen LogP contribution >= 0.6 is 0 Å². The first kappa shape index (κ1) is 13.8. The minimum absolute atomic E-state index is 0.0948. The third-order valence-electron chi connectivity index (χ3n) is 4.35. The van der Waals surface area contributed by atoms with E-state index in [1.807, 2.05) is 0 Å². The van der Waals surface area contributed by atoms with Gasteiger partial charge in [0.1, 0.15) is 0 Å². The van der Waals surface area contributed by atoms with E-state index in [4.69, 9.17) is 10.5 Å². The van der Waals surface area contributed by atoms with Crippen molar-refractivity contribution in [2.24, 2.45) is 17.6 Å². The van der Waals surface area contributed by atoms with Crippen LogP contribution in [0, 0.1) is 11.8 Å². The Morgan fingerprint density at radius 2 is 2.17 bits per heavy atom. The van der Waals surface area contributed by atoms with Crippen molar-refractivity contribution < 1.29 is 9.53 Å². The molecule has 0 bridgehead atoms. The summed E-state index contributed by atoms with van der Waals surface area (Å²) in [6.45, 7) is 3.66. The van der Waals surface area contributed by atoms with Gasteiger partial charge in [0.25, 0.3) is 0 Å². The maximum Gasteiger partial charge on any atom is 0.223 e. The SMILES string of the molecule is CC1CCC(N)CC1C(=O)NCC1CCCCO1. The van der Waals surface area contributed by atoms with Crippen LogP contribution in [0.2, 0.25) is 0 Å². The molecule has 104 valence electrons. The predicted octanol–water partition coefficient (Wildman–Crippen LogP) is 1.44. The number of carbonyl (C=O) groups is 1. The molecule has 4 unspecified atom stereocenters. The molecule has 0 aromatic carbocycles. The first-order valence-corrected chi connectivity index (χ1v) is 7.31. The van der Waals surface area contributed by atoms with Crippen LogP contribution in [0.15, 0.2) is 0 Å². The van der Waals surface area contributed by atoms with Crippen molar-refractivity contribution in [2.75, 3.05) is 13.2 Å². The lowest BCUT2D eigenvalue weighted by molar-refractivity contribution is -0.128. The van der Waals surface area contributed by atoms with E-state index in [9.17, 15) is 4.79 Å². The highest BCUT2D eigenvalue weighted by Gasteiger charge is 2.31. The van der Waals surface area contributed by atoms with Gasteiger partial charge in [-0.3, -0.25) is 4.79 Å². The molecule has 1 saturated heterocycles. The molecule has 1 amide bonds. The van der Waals surface area contributed by atoms with E-state index in [2.05, 4.69) is 12.2 Å². The van der Waals surface area contributed by atoms with Gasteiger partial charge in [-0.15, -0.1) is 0 Å². The largest absolute Gasteiger partial charge is 0.376 e. The van der Waals surface area contributed by atoms with Crippen molar-refractivity contribution in [3.63, 3.8) is 0 Å². The Kier molecular flexibility index (Phi) is 5.01. The maximum absolute atomic E-state index is 12.2. The summed E-state index contributed by atoms with van der Waals surface area (Å²) in [5.74, 6) is 0.723. The summed E-state index contributed by atoms with van der Waals surface area (Å²) in [6, 6.07) is 0.197. The van der Waals surface area contributed by atoms with E-state index in [1.54, 1.807) is 0 Å². The number of rotatable bonds is 3. The van der Waals surface area contributed by atoms with Gasteiger partial charge in [0.05, 0.1) is 6.10 Å². The van der Waals surface area contributed by atoms with E-state index < -0.39 is 0 Å². The first-order valence-electron chi connectivity index (χ1n) is 7.31. The van der Waals surface area contributed by atoms with Crippen LogP contribution in [0.5, 0.6) is 0 Å². The molecule has 0 aromatic rings. The molecule has 4 heteroatoms. The molecular weight excluding hydrogens is 228 g/mol. The van der Waals surface area contributed by atoms with E-state index in [-0.39, 0.29) is 24.0 Å². The number of ether oxygens (including phenoxy) is 1. The molecule has 1 aliphatic heterocycles. The Bertz CT molecular complexity index is 277. The van der Waals surface area contributed by atoms with Crippen LogP contribution in [0.3, 0.4) is 0 Å². The molecule has 0 aromatic heterocycles. The van der Waals surface area contributed by atoms with Crippen LogP contribution in [0.4, 0.5) is 0 Å². The second-order valence-electron chi connectivity index (χ2n) is 5.89. The van der Waals surface area contributed by atoms with Gasteiger partial charge >= 0.3 is 0 Å². The van der Waals surface area contributed by atoms with E-state index in [1.165, 1.54) is 6.42 Å². The molecule has 1 saturated carbocycles. The smallest absolute Gasteiger partial charge is 0.223 e. The standard InChI is InChI=1S/C14H26N2O2/c1-10-5-6-11(15)8-13(10)14(17)16-9-12-4-2-3-7-18-12/h10-13H,2-9,15H2,1H3,(H,16,17). The van der Waals surface area contributed by atoms with Gasteiger partial charge in [0, 0.05) is 25.1 Å². The molecule has 0 radical (unpaired) electrons. The van der Waals surface area contributed by atoms with Crippen molar-refractivity contribution in [2.45, 2.75) is 57.6 Å². The van der Waals surface area contributed by atoms with Crippen LogP contribution < -0.4 is 11.1 Å². The summed E-state index contributed by atoms with van der Waals surface area (Å²) in [7, 11) is 0. The Hall–Kier alpha value is -0.610. The van der Waals surface area contributed by atoms with Crippen LogP contribution in [0.1, 0.15) is 45.4 Å². The minimum atomic E-state index is 0.0948. The lowest BCUT2D eigenvalue weighted by atomic mass is 9.77. The summed E-state index contributed by atoms with van der Waals surface area (Å²) in [5, 5.41) is 3.05. The van der Waals surface area contributed by atoms with Crippen molar-refractivity contribution >= 4 is 5.91 Å². The summed E-state index contributed by atoms with van der Waals surface area (Å²) in [6.07, 6.45) is 6.61. The number of hydrogen-bond donors (Lipinski definition) is 2. The molecule has 3 N–H and O–H groups in total. The van der Waals surface area contributed by atoms with Crippen molar-refractivity contribution in [1.82, 2.24) is 5.32 Å². The van der Waals surface area contributed by atoms with Crippen LogP contribution in [-0.2, 0) is 9.53 Å². The summed E-state index contributed by atoms with van der Waals surface area (Å²) < 4.78 is 5.62. The molecule has 4 atom stereocenters. The monoisotopic (exact) mass is 254 g/mol. The van der Waals surface area contributed by atoms with Gasteiger partial charge in [0.15, 0.2) is 0 Å². The number of hydrogen-bond acceptors (Lipinski definition) is 3. The predicted molar refractivity (Wildman–Crippen MR) is 71.1 cm³/mol. The highest BCUT2D eigenvalue weighted by molar-refractivity contribution is 5.79. The van der Waals surface area contributed by atoms with E-state index in [0.29, 0.717) is 12.5 Å². The summed E-state index contributed by atoms with van der Waals surface area (Å²) in [4.78, 5) is 12.2. The fraction of sp³-hybridized carbons (Fsp3) is 0.929. The van der Waals surface area contributed by atoms with Gasteiger partial charge in [-0.05, 0) is 44.4 Å². The highest BCUT2D eigenvalue weighted by atomic mass is 16.5. The normalized spacial score (nSPS) is 37.2. The Morgan fingerprint density at radius 3 is 2.89 bits per heavy atom. The molecule has 2 aliphatic rings. The van der Waals surface area contributed by atoms with Crippen molar-refractivity contribution in [3.05, 3.63) is 0 Å². The summed E-state index contributed by atoms with van der Waals surface area (Å²) in [5.41, 5.74) is 5.96. The Labute approximate surface area is 110 Å². The van der Waals surface area contributed by atoms with Gasteiger partial charge in [-0.25, -0.2) is 0 Å². The second kappa shape index (κ2) is 6.53. The van der Waals surface area contributed by atoms with Gasteiger partial charge in [-0.2, -0.15) is 0 Å². The maximum atomic E-state index is 12.2. The molecule has 4 nitrogen and oxygen atoms in total. The number of amides is 1. The zero-order chi connectivity index (χ0) is 13.0. The van der Waals surface area contributed by atoms with E-state index in [0.717, 1.165) is 38.7 Å². The molecule has 2 rings (SSSR count). The minimum Gasteiger partial charge on any atom is -0.376 e. The fourth-order valence-corrected chi connectivity index (χ4v) is 3.03. The van der Waals surface area contributed by atoms with Gasteiger partial charge in [-0.1, -0.05) is 6.92 Å². The number of nitrogens with two attached hydrogens (primary N) is 1. The molecule has 2 fully saturated rings. The van der Waals surface area contributed by atoms with Crippen LogP contribution in [-0.4, -0.2) is 31.2 Å². The number of carbonyl (C=O) groups excluding carboxylic acids is 1. The first-order chi connectivity index (χ1) is 8.66. The second-order valence-corrected chi connectivity index (χ2v) is 5.89. The molecule has 0 spiro atoms. The van der Waals surface area contributed by atoms with Gasteiger partial charge < -0.3 is 15.8 Å². The average molecular weight is 254 g/mol. The average Bonchev–Trinajstić information content (AvgIpc) is 2.40. The van der Waals surface area contributed by atoms with E-state index >= 15 is 0 Å². The third-order valence-corrected chi connectivity index (χ3v) is 4.35. The third kappa shape index (κ3) is 3.69.